The molecule has 0 bridgehead atoms. The predicted molar refractivity (Wildman–Crippen MR) is 85.7 cm³/mol. The lowest BCUT2D eigenvalue weighted by atomic mass is 10.1. The average molecular weight is 301 g/mol. The summed E-state index contributed by atoms with van der Waals surface area (Å²) in [5.74, 6) is 0.187. The van der Waals surface area contributed by atoms with Gasteiger partial charge >= 0.3 is 0 Å². The fraction of sp³-hybridized carbons (Fsp3) is 0.412. The van der Waals surface area contributed by atoms with Crippen LogP contribution in [0.2, 0.25) is 0 Å². The maximum atomic E-state index is 12.1. The Balaban J connectivity index is 1.74. The lowest BCUT2D eigenvalue weighted by molar-refractivity contribution is 0.0892. The Kier molecular flexibility index (Phi) is 5.72. The number of hydrogen-bond donors (Lipinski definition) is 1. The van der Waals surface area contributed by atoms with Crippen LogP contribution in [0.1, 0.15) is 41.5 Å². The monoisotopic (exact) mass is 301 g/mol. The molecule has 0 spiro atoms. The maximum absolute atomic E-state index is 12.1. The summed E-state index contributed by atoms with van der Waals surface area (Å²) >= 11 is 0. The van der Waals surface area contributed by atoms with Crippen LogP contribution in [0, 0.1) is 0 Å². The second kappa shape index (κ2) is 7.75. The van der Waals surface area contributed by atoms with E-state index in [4.69, 9.17) is 4.74 Å². The minimum atomic E-state index is -0.120. The zero-order valence-electron chi connectivity index (χ0n) is 13.4. The molecule has 1 amide bonds. The Hall–Kier alpha value is -2.14. The van der Waals surface area contributed by atoms with Crippen molar-refractivity contribution in [3.05, 3.63) is 53.3 Å². The van der Waals surface area contributed by atoms with Crippen molar-refractivity contribution in [1.82, 2.24) is 15.1 Å². The first-order valence-corrected chi connectivity index (χ1v) is 7.51. The summed E-state index contributed by atoms with van der Waals surface area (Å²) < 4.78 is 7.16. The number of aryl methyl sites for hydroxylation is 1. The van der Waals surface area contributed by atoms with Gasteiger partial charge in [0.05, 0.1) is 18.9 Å². The zero-order valence-corrected chi connectivity index (χ0v) is 13.4. The van der Waals surface area contributed by atoms with E-state index in [-0.39, 0.29) is 5.91 Å². The van der Waals surface area contributed by atoms with Gasteiger partial charge in [-0.25, -0.2) is 0 Å². The van der Waals surface area contributed by atoms with Gasteiger partial charge in [0.25, 0.3) is 5.91 Å². The first kappa shape index (κ1) is 16.2. The van der Waals surface area contributed by atoms with Gasteiger partial charge in [0, 0.05) is 13.6 Å². The summed E-state index contributed by atoms with van der Waals surface area (Å²) in [5.41, 5.74) is 2.63. The van der Waals surface area contributed by atoms with Crippen LogP contribution in [0.15, 0.2) is 36.4 Å². The van der Waals surface area contributed by atoms with Gasteiger partial charge in [-0.05, 0) is 17.5 Å². The van der Waals surface area contributed by atoms with E-state index in [9.17, 15) is 4.79 Å². The first-order valence-electron chi connectivity index (χ1n) is 7.51. The summed E-state index contributed by atoms with van der Waals surface area (Å²) in [5, 5.41) is 7.19. The molecular weight excluding hydrogens is 278 g/mol. The van der Waals surface area contributed by atoms with Crippen LogP contribution < -0.4 is 5.32 Å². The second-order valence-corrected chi connectivity index (χ2v) is 5.53. The highest BCUT2D eigenvalue weighted by Gasteiger charge is 2.14. The van der Waals surface area contributed by atoms with Gasteiger partial charge < -0.3 is 10.1 Å². The lowest BCUT2D eigenvalue weighted by Crippen LogP contribution is -2.28. The van der Waals surface area contributed by atoms with Gasteiger partial charge in [-0.3, -0.25) is 9.48 Å². The van der Waals surface area contributed by atoms with Crippen LogP contribution in [0.25, 0.3) is 0 Å². The van der Waals surface area contributed by atoms with E-state index in [1.54, 1.807) is 11.7 Å². The van der Waals surface area contributed by atoms with Crippen molar-refractivity contribution in [3.8, 4) is 0 Å². The van der Waals surface area contributed by atoms with Gasteiger partial charge in [-0.2, -0.15) is 5.10 Å². The molecule has 1 aromatic carbocycles. The molecule has 2 aromatic rings. The van der Waals surface area contributed by atoms with Gasteiger partial charge in [0.15, 0.2) is 0 Å². The predicted octanol–water partition coefficient (Wildman–Crippen LogP) is 2.49. The normalized spacial score (nSPS) is 10.9. The minimum Gasteiger partial charge on any atom is -0.375 e. The molecule has 0 radical (unpaired) electrons. The summed E-state index contributed by atoms with van der Waals surface area (Å²) in [6, 6.07) is 11.8. The molecule has 2 rings (SSSR count). The van der Waals surface area contributed by atoms with Crippen molar-refractivity contribution < 1.29 is 9.53 Å². The largest absolute Gasteiger partial charge is 0.375 e. The molecule has 5 heteroatoms. The molecule has 0 unspecified atom stereocenters. The third-order valence-electron chi connectivity index (χ3n) is 3.37. The Morgan fingerprint density at radius 1 is 1.32 bits per heavy atom. The number of nitrogens with one attached hydrogen (secondary N) is 1. The SMILES string of the molecule is CC(C)c1cc(C(=O)NCCOCc2ccccc2)n(C)n1. The fourth-order valence-corrected chi connectivity index (χ4v) is 2.08. The summed E-state index contributed by atoms with van der Waals surface area (Å²) in [6.45, 7) is 5.63. The number of benzene rings is 1. The number of ether oxygens (including phenoxy) is 1. The third-order valence-corrected chi connectivity index (χ3v) is 3.37. The van der Waals surface area contributed by atoms with Crippen molar-refractivity contribution in [2.24, 2.45) is 7.05 Å². The molecule has 1 heterocycles. The van der Waals surface area contributed by atoms with Gasteiger partial charge in [-0.15, -0.1) is 0 Å². The number of rotatable bonds is 7. The van der Waals surface area contributed by atoms with E-state index >= 15 is 0 Å². The Morgan fingerprint density at radius 3 is 2.68 bits per heavy atom. The summed E-state index contributed by atoms with van der Waals surface area (Å²) in [7, 11) is 1.78. The lowest BCUT2D eigenvalue weighted by Gasteiger charge is -2.06. The van der Waals surface area contributed by atoms with E-state index in [0.717, 1.165) is 11.3 Å². The molecule has 0 saturated heterocycles. The molecule has 0 atom stereocenters. The topological polar surface area (TPSA) is 56.1 Å². The molecule has 0 fully saturated rings. The molecule has 118 valence electrons. The molecule has 0 aliphatic rings. The van der Waals surface area contributed by atoms with Crippen LogP contribution in [-0.4, -0.2) is 28.8 Å². The molecular formula is C17H23N3O2. The number of nitrogens with zero attached hydrogens (tertiary/aromatic N) is 2. The minimum absolute atomic E-state index is 0.120. The third kappa shape index (κ3) is 4.43. The highest BCUT2D eigenvalue weighted by molar-refractivity contribution is 5.92. The molecule has 0 aliphatic carbocycles. The number of carbonyl (C=O) groups is 1. The quantitative estimate of drug-likeness (QED) is 0.799. The smallest absolute Gasteiger partial charge is 0.269 e. The van der Waals surface area contributed by atoms with E-state index < -0.39 is 0 Å². The molecule has 22 heavy (non-hydrogen) atoms. The molecule has 1 aromatic heterocycles. The Bertz CT molecular complexity index is 606. The highest BCUT2D eigenvalue weighted by Crippen LogP contribution is 2.13. The second-order valence-electron chi connectivity index (χ2n) is 5.53. The number of carbonyl (C=O) groups excluding carboxylic acids is 1. The van der Waals surface area contributed by atoms with Crippen molar-refractivity contribution in [2.45, 2.75) is 26.4 Å². The van der Waals surface area contributed by atoms with Crippen LogP contribution in [0.3, 0.4) is 0 Å². The first-order chi connectivity index (χ1) is 10.6. The van der Waals surface area contributed by atoms with Crippen molar-refractivity contribution in [2.75, 3.05) is 13.2 Å². The average Bonchev–Trinajstić information content (AvgIpc) is 2.90. The number of aromatic nitrogens is 2. The Labute approximate surface area is 131 Å². The van der Waals surface area contributed by atoms with Gasteiger partial charge in [-0.1, -0.05) is 44.2 Å². The highest BCUT2D eigenvalue weighted by atomic mass is 16.5. The van der Waals surface area contributed by atoms with Crippen molar-refractivity contribution >= 4 is 5.91 Å². The van der Waals surface area contributed by atoms with E-state index in [2.05, 4.69) is 24.3 Å². The van der Waals surface area contributed by atoms with Gasteiger partial charge in [0.1, 0.15) is 5.69 Å². The number of hydrogen-bond acceptors (Lipinski definition) is 3. The van der Waals surface area contributed by atoms with E-state index in [1.807, 2.05) is 36.4 Å². The summed E-state index contributed by atoms with van der Waals surface area (Å²) in [4.78, 5) is 12.1. The van der Waals surface area contributed by atoms with E-state index in [0.29, 0.717) is 31.4 Å². The van der Waals surface area contributed by atoms with Crippen molar-refractivity contribution in [3.63, 3.8) is 0 Å². The summed E-state index contributed by atoms with van der Waals surface area (Å²) in [6.07, 6.45) is 0. The standard InChI is InChI=1S/C17H23N3O2/c1-13(2)15-11-16(20(3)19-15)17(21)18-9-10-22-12-14-7-5-4-6-8-14/h4-8,11,13H,9-10,12H2,1-3H3,(H,18,21). The van der Waals surface area contributed by atoms with Crippen LogP contribution in [0.5, 0.6) is 0 Å². The van der Waals surface area contributed by atoms with E-state index in [1.165, 1.54) is 0 Å². The van der Waals surface area contributed by atoms with Crippen LogP contribution >= 0.6 is 0 Å². The maximum Gasteiger partial charge on any atom is 0.269 e. The zero-order chi connectivity index (χ0) is 15.9. The fourth-order valence-electron chi connectivity index (χ4n) is 2.08. The Morgan fingerprint density at radius 2 is 2.05 bits per heavy atom. The van der Waals surface area contributed by atoms with Gasteiger partial charge in [0.2, 0.25) is 0 Å². The molecule has 1 N–H and O–H groups in total. The van der Waals surface area contributed by atoms with Crippen LogP contribution in [-0.2, 0) is 18.4 Å². The van der Waals surface area contributed by atoms with Crippen LogP contribution in [0.4, 0.5) is 0 Å². The number of amides is 1. The van der Waals surface area contributed by atoms with Crippen molar-refractivity contribution in [1.29, 1.82) is 0 Å². The molecule has 0 aliphatic heterocycles. The molecule has 5 nitrogen and oxygen atoms in total. The molecule has 0 saturated carbocycles.